The van der Waals surface area contributed by atoms with E-state index in [1.54, 1.807) is 32.0 Å². The monoisotopic (exact) mass is 450 g/mol. The van der Waals surface area contributed by atoms with Gasteiger partial charge < -0.3 is 20.1 Å². The summed E-state index contributed by atoms with van der Waals surface area (Å²) in [5.41, 5.74) is 4.08. The van der Waals surface area contributed by atoms with E-state index in [4.69, 9.17) is 9.47 Å². The van der Waals surface area contributed by atoms with Crippen molar-refractivity contribution < 1.29 is 23.5 Å². The van der Waals surface area contributed by atoms with Crippen LogP contribution in [-0.4, -0.2) is 25.7 Å². The normalized spacial score (nSPS) is 19.8. The molecule has 33 heavy (non-hydrogen) atoms. The second kappa shape index (κ2) is 9.58. The molecule has 7 heteroatoms. The molecule has 2 aromatic rings. The highest BCUT2D eigenvalue weighted by Gasteiger charge is 2.39. The molecular formula is C26H27FN2O4. The number of esters is 2. The number of ether oxygens (including phenoxy) is 2. The van der Waals surface area contributed by atoms with E-state index in [9.17, 15) is 14.0 Å². The summed E-state index contributed by atoms with van der Waals surface area (Å²) in [5.74, 6) is -2.66. The number of allylic oxidation sites excluding steroid dienone is 2. The third-order valence-electron chi connectivity index (χ3n) is 6.21. The predicted octanol–water partition coefficient (Wildman–Crippen LogP) is 4.01. The zero-order valence-electron chi connectivity index (χ0n) is 18.9. The molecule has 0 bridgehead atoms. The Kier molecular flexibility index (Phi) is 6.60. The SMILES string of the molecule is COC(=O)C1=C(C)NC(C)=C(C(=O)OCCC2NCc3ccccc32)C1c1ccccc1F. The molecule has 2 atom stereocenters. The standard InChI is InChI=1S/C26H27FN2O4/c1-15-22(25(30)32-3)24(19-10-6-7-11-20(19)27)23(16(2)29-15)26(31)33-13-12-21-18-9-5-4-8-17(18)14-28-21/h4-11,21,24,28-29H,12-14H2,1-3H3. The first-order valence-corrected chi connectivity index (χ1v) is 10.9. The van der Waals surface area contributed by atoms with Crippen molar-refractivity contribution in [1.29, 1.82) is 0 Å². The summed E-state index contributed by atoms with van der Waals surface area (Å²) in [6.45, 7) is 4.39. The Balaban J connectivity index is 1.58. The van der Waals surface area contributed by atoms with Crippen LogP contribution >= 0.6 is 0 Å². The van der Waals surface area contributed by atoms with Crippen LogP contribution in [-0.2, 0) is 25.6 Å². The van der Waals surface area contributed by atoms with Crippen LogP contribution in [0.3, 0.4) is 0 Å². The highest BCUT2D eigenvalue weighted by Crippen LogP contribution is 2.40. The van der Waals surface area contributed by atoms with Gasteiger partial charge in [0, 0.05) is 36.0 Å². The fourth-order valence-corrected chi connectivity index (χ4v) is 4.65. The molecule has 0 aromatic heterocycles. The Labute approximate surface area is 192 Å². The lowest BCUT2D eigenvalue weighted by Crippen LogP contribution is -2.33. The number of hydrogen-bond donors (Lipinski definition) is 2. The maximum absolute atomic E-state index is 14.8. The molecular weight excluding hydrogens is 423 g/mol. The number of fused-ring (bicyclic) bond motifs is 1. The number of halogens is 1. The van der Waals surface area contributed by atoms with Crippen molar-refractivity contribution in [1.82, 2.24) is 10.6 Å². The number of nitrogens with one attached hydrogen (secondary N) is 2. The van der Waals surface area contributed by atoms with E-state index in [1.807, 2.05) is 12.1 Å². The van der Waals surface area contributed by atoms with Gasteiger partial charge in [0.1, 0.15) is 5.82 Å². The largest absolute Gasteiger partial charge is 0.466 e. The Bertz CT molecular complexity index is 1150. The van der Waals surface area contributed by atoms with Crippen molar-refractivity contribution in [2.24, 2.45) is 0 Å². The Morgan fingerprint density at radius 2 is 1.61 bits per heavy atom. The summed E-state index contributed by atoms with van der Waals surface area (Å²) in [6.07, 6.45) is 0.603. The van der Waals surface area contributed by atoms with Crippen molar-refractivity contribution in [2.75, 3.05) is 13.7 Å². The van der Waals surface area contributed by atoms with Gasteiger partial charge in [0.05, 0.1) is 30.8 Å². The summed E-state index contributed by atoms with van der Waals surface area (Å²) in [6, 6.07) is 14.4. The molecule has 0 saturated carbocycles. The molecule has 2 aliphatic rings. The van der Waals surface area contributed by atoms with Crippen LogP contribution < -0.4 is 10.6 Å². The fourth-order valence-electron chi connectivity index (χ4n) is 4.65. The highest BCUT2D eigenvalue weighted by atomic mass is 19.1. The number of methoxy groups -OCH3 is 1. The average Bonchev–Trinajstić information content (AvgIpc) is 3.21. The van der Waals surface area contributed by atoms with Crippen LogP contribution in [0.2, 0.25) is 0 Å². The molecule has 2 aromatic carbocycles. The zero-order chi connectivity index (χ0) is 23.5. The van der Waals surface area contributed by atoms with Gasteiger partial charge in [-0.25, -0.2) is 14.0 Å². The van der Waals surface area contributed by atoms with Crippen molar-refractivity contribution in [3.8, 4) is 0 Å². The van der Waals surface area contributed by atoms with Crippen LogP contribution in [0.25, 0.3) is 0 Å². The van der Waals surface area contributed by atoms with Crippen LogP contribution in [0.15, 0.2) is 71.1 Å². The van der Waals surface area contributed by atoms with E-state index in [0.717, 1.165) is 6.54 Å². The summed E-state index contributed by atoms with van der Waals surface area (Å²) in [4.78, 5) is 25.9. The molecule has 0 amide bonds. The average molecular weight is 451 g/mol. The van der Waals surface area contributed by atoms with E-state index < -0.39 is 23.7 Å². The Morgan fingerprint density at radius 1 is 0.970 bits per heavy atom. The minimum atomic E-state index is -0.933. The highest BCUT2D eigenvalue weighted by molar-refractivity contribution is 5.99. The lowest BCUT2D eigenvalue weighted by Gasteiger charge is -2.30. The van der Waals surface area contributed by atoms with Crippen LogP contribution in [0.1, 0.15) is 48.9 Å². The van der Waals surface area contributed by atoms with Crippen molar-refractivity contribution in [3.05, 3.63) is 93.6 Å². The minimum Gasteiger partial charge on any atom is -0.466 e. The van der Waals surface area contributed by atoms with Crippen LogP contribution in [0, 0.1) is 5.82 Å². The lowest BCUT2D eigenvalue weighted by molar-refractivity contribution is -0.139. The van der Waals surface area contributed by atoms with E-state index in [0.29, 0.717) is 17.8 Å². The van der Waals surface area contributed by atoms with Gasteiger partial charge in [-0.3, -0.25) is 0 Å². The van der Waals surface area contributed by atoms with Gasteiger partial charge >= 0.3 is 11.9 Å². The first-order valence-electron chi connectivity index (χ1n) is 10.9. The van der Waals surface area contributed by atoms with E-state index in [-0.39, 0.29) is 29.4 Å². The summed E-state index contributed by atoms with van der Waals surface area (Å²) >= 11 is 0. The second-order valence-electron chi connectivity index (χ2n) is 8.21. The number of dihydropyridines is 1. The maximum Gasteiger partial charge on any atom is 0.336 e. The third-order valence-corrected chi connectivity index (χ3v) is 6.21. The molecule has 0 radical (unpaired) electrons. The third kappa shape index (κ3) is 4.41. The fraction of sp³-hybridized carbons (Fsp3) is 0.308. The smallest absolute Gasteiger partial charge is 0.336 e. The molecule has 2 aliphatic heterocycles. The van der Waals surface area contributed by atoms with E-state index in [1.165, 1.54) is 24.3 Å². The molecule has 2 unspecified atom stereocenters. The molecule has 0 spiro atoms. The van der Waals surface area contributed by atoms with Gasteiger partial charge in [-0.15, -0.1) is 0 Å². The maximum atomic E-state index is 14.8. The molecule has 6 nitrogen and oxygen atoms in total. The van der Waals surface area contributed by atoms with E-state index in [2.05, 4.69) is 22.8 Å². The number of hydrogen-bond acceptors (Lipinski definition) is 6. The molecule has 0 fully saturated rings. The molecule has 0 saturated heterocycles. The topological polar surface area (TPSA) is 76.7 Å². The summed E-state index contributed by atoms with van der Waals surface area (Å²) in [7, 11) is 1.26. The second-order valence-corrected chi connectivity index (χ2v) is 8.21. The minimum absolute atomic E-state index is 0.101. The van der Waals surface area contributed by atoms with Gasteiger partial charge in [0.15, 0.2) is 0 Å². The number of benzene rings is 2. The number of carbonyl (C=O) groups is 2. The lowest BCUT2D eigenvalue weighted by atomic mass is 9.80. The quantitative estimate of drug-likeness (QED) is 0.648. The van der Waals surface area contributed by atoms with Gasteiger partial charge in [-0.1, -0.05) is 42.5 Å². The van der Waals surface area contributed by atoms with Gasteiger partial charge in [-0.2, -0.15) is 0 Å². The Morgan fingerprint density at radius 3 is 2.30 bits per heavy atom. The molecule has 172 valence electrons. The van der Waals surface area contributed by atoms with Crippen molar-refractivity contribution >= 4 is 11.9 Å². The molecule has 2 heterocycles. The molecule has 4 rings (SSSR count). The number of carbonyl (C=O) groups excluding carboxylic acids is 2. The van der Waals surface area contributed by atoms with Gasteiger partial charge in [0.2, 0.25) is 0 Å². The first-order chi connectivity index (χ1) is 15.9. The van der Waals surface area contributed by atoms with Crippen molar-refractivity contribution in [3.63, 3.8) is 0 Å². The van der Waals surface area contributed by atoms with Gasteiger partial charge in [-0.05, 0) is 31.0 Å². The van der Waals surface area contributed by atoms with Crippen LogP contribution in [0.4, 0.5) is 4.39 Å². The van der Waals surface area contributed by atoms with Crippen LogP contribution in [0.5, 0.6) is 0 Å². The number of rotatable bonds is 6. The molecule has 0 aliphatic carbocycles. The zero-order valence-corrected chi connectivity index (χ0v) is 18.9. The van der Waals surface area contributed by atoms with E-state index >= 15 is 0 Å². The first kappa shape index (κ1) is 22.7. The molecule has 2 N–H and O–H groups in total. The van der Waals surface area contributed by atoms with Gasteiger partial charge in [0.25, 0.3) is 0 Å². The van der Waals surface area contributed by atoms with Crippen molar-refractivity contribution in [2.45, 2.75) is 38.8 Å². The summed E-state index contributed by atoms with van der Waals surface area (Å²) in [5, 5.41) is 6.49. The summed E-state index contributed by atoms with van der Waals surface area (Å²) < 4.78 is 25.4. The Hall–Kier alpha value is -3.45. The predicted molar refractivity (Wildman–Crippen MR) is 121 cm³/mol.